The summed E-state index contributed by atoms with van der Waals surface area (Å²) in [6, 6.07) is 1.39. The van der Waals surface area contributed by atoms with Crippen LogP contribution in [-0.4, -0.2) is 29.3 Å². The van der Waals surface area contributed by atoms with E-state index in [1.54, 1.807) is 0 Å². The van der Waals surface area contributed by atoms with Crippen molar-refractivity contribution in [3.05, 3.63) is 24.0 Å². The number of hydrogen-bond donors (Lipinski definition) is 3. The van der Waals surface area contributed by atoms with Gasteiger partial charge in [-0.3, -0.25) is 0 Å². The molecule has 1 aromatic heterocycles. The number of nitrogens with zero attached hydrogens (tertiary/aromatic N) is 1. The topological polar surface area (TPSA) is 74.2 Å². The third kappa shape index (κ3) is 5.99. The van der Waals surface area contributed by atoms with Gasteiger partial charge in [0.15, 0.2) is 0 Å². The minimum atomic E-state index is -4.50. The van der Waals surface area contributed by atoms with Crippen LogP contribution in [0.15, 0.2) is 18.3 Å². The van der Waals surface area contributed by atoms with Gasteiger partial charge in [0, 0.05) is 13.2 Å². The highest BCUT2D eigenvalue weighted by molar-refractivity contribution is 5.88. The standard InChI is InChI=1S/C13H18F3N3O2/c1-12(2,5-6-20)8-18-11(21)19-9-3-4-10(17-7-9)13(14,15)16/h3-4,7,20H,5-6,8H2,1-2H3,(H2,18,19,21). The Morgan fingerprint density at radius 1 is 1.33 bits per heavy atom. The van der Waals surface area contributed by atoms with Gasteiger partial charge < -0.3 is 15.7 Å². The van der Waals surface area contributed by atoms with Gasteiger partial charge in [0.1, 0.15) is 5.69 Å². The van der Waals surface area contributed by atoms with E-state index in [0.29, 0.717) is 13.0 Å². The molecule has 0 aliphatic rings. The lowest BCUT2D eigenvalue weighted by atomic mass is 9.90. The van der Waals surface area contributed by atoms with Gasteiger partial charge in [-0.15, -0.1) is 0 Å². The van der Waals surface area contributed by atoms with Gasteiger partial charge in [-0.1, -0.05) is 13.8 Å². The first-order chi connectivity index (χ1) is 9.64. The first-order valence-electron chi connectivity index (χ1n) is 6.33. The molecule has 0 unspecified atom stereocenters. The van der Waals surface area contributed by atoms with Crippen molar-refractivity contribution in [2.45, 2.75) is 26.4 Å². The molecule has 0 atom stereocenters. The molecule has 0 spiro atoms. The van der Waals surface area contributed by atoms with E-state index in [0.717, 1.165) is 18.3 Å². The summed E-state index contributed by atoms with van der Waals surface area (Å²) in [5.74, 6) is 0. The van der Waals surface area contributed by atoms with Crippen molar-refractivity contribution in [3.63, 3.8) is 0 Å². The molecule has 1 heterocycles. The molecule has 1 rings (SSSR count). The van der Waals surface area contributed by atoms with Crippen LogP contribution in [0.2, 0.25) is 0 Å². The average molecular weight is 305 g/mol. The van der Waals surface area contributed by atoms with Crippen molar-refractivity contribution in [2.75, 3.05) is 18.5 Å². The molecule has 8 heteroatoms. The quantitative estimate of drug-likeness (QED) is 0.783. The maximum Gasteiger partial charge on any atom is 0.433 e. The highest BCUT2D eigenvalue weighted by atomic mass is 19.4. The normalized spacial score (nSPS) is 12.1. The first-order valence-corrected chi connectivity index (χ1v) is 6.33. The van der Waals surface area contributed by atoms with Gasteiger partial charge in [-0.05, 0) is 24.0 Å². The van der Waals surface area contributed by atoms with E-state index in [1.165, 1.54) is 0 Å². The zero-order valence-electron chi connectivity index (χ0n) is 11.8. The number of carbonyl (C=O) groups is 1. The van der Waals surface area contributed by atoms with Crippen molar-refractivity contribution in [2.24, 2.45) is 5.41 Å². The van der Waals surface area contributed by atoms with E-state index >= 15 is 0 Å². The van der Waals surface area contributed by atoms with Crippen molar-refractivity contribution in [1.29, 1.82) is 0 Å². The smallest absolute Gasteiger partial charge is 0.396 e. The number of pyridine rings is 1. The molecule has 21 heavy (non-hydrogen) atoms. The van der Waals surface area contributed by atoms with Crippen molar-refractivity contribution >= 4 is 11.7 Å². The molecule has 1 aromatic rings. The minimum absolute atomic E-state index is 0.0130. The van der Waals surface area contributed by atoms with E-state index in [-0.39, 0.29) is 17.7 Å². The van der Waals surface area contributed by atoms with Crippen LogP contribution in [0.3, 0.4) is 0 Å². The number of nitrogens with one attached hydrogen (secondary N) is 2. The molecule has 0 bridgehead atoms. The second-order valence-electron chi connectivity index (χ2n) is 5.38. The second-order valence-corrected chi connectivity index (χ2v) is 5.38. The number of alkyl halides is 3. The van der Waals surface area contributed by atoms with E-state index < -0.39 is 17.9 Å². The zero-order chi connectivity index (χ0) is 16.1. The Hall–Kier alpha value is -1.83. The number of anilines is 1. The van der Waals surface area contributed by atoms with Crippen LogP contribution in [0, 0.1) is 5.41 Å². The van der Waals surface area contributed by atoms with Crippen LogP contribution in [-0.2, 0) is 6.18 Å². The van der Waals surface area contributed by atoms with Gasteiger partial charge in [-0.2, -0.15) is 13.2 Å². The molecule has 0 radical (unpaired) electrons. The number of aliphatic hydroxyl groups excluding tert-OH is 1. The number of hydrogen-bond acceptors (Lipinski definition) is 3. The number of rotatable bonds is 5. The minimum Gasteiger partial charge on any atom is -0.396 e. The summed E-state index contributed by atoms with van der Waals surface area (Å²) in [4.78, 5) is 14.9. The van der Waals surface area contributed by atoms with Gasteiger partial charge in [0.2, 0.25) is 0 Å². The van der Waals surface area contributed by atoms with E-state index in [2.05, 4.69) is 15.6 Å². The number of halogens is 3. The Kier molecular flexibility index (Phi) is 5.54. The lowest BCUT2D eigenvalue weighted by Crippen LogP contribution is -2.37. The SMILES string of the molecule is CC(C)(CCO)CNC(=O)Nc1ccc(C(F)(F)F)nc1. The van der Waals surface area contributed by atoms with Gasteiger partial charge >= 0.3 is 12.2 Å². The fourth-order valence-corrected chi connectivity index (χ4v) is 1.52. The van der Waals surface area contributed by atoms with Gasteiger partial charge in [-0.25, -0.2) is 9.78 Å². The average Bonchev–Trinajstić information content (AvgIpc) is 2.36. The highest BCUT2D eigenvalue weighted by Crippen LogP contribution is 2.27. The molecule has 118 valence electrons. The number of carbonyl (C=O) groups excluding carboxylic acids is 1. The summed E-state index contributed by atoms with van der Waals surface area (Å²) in [7, 11) is 0. The maximum absolute atomic E-state index is 12.3. The molecule has 0 aliphatic heterocycles. The van der Waals surface area contributed by atoms with Crippen LogP contribution in [0.1, 0.15) is 26.0 Å². The first kappa shape index (κ1) is 17.2. The molecule has 0 fully saturated rings. The van der Waals surface area contributed by atoms with Crippen molar-refractivity contribution in [3.8, 4) is 0 Å². The van der Waals surface area contributed by atoms with Gasteiger partial charge in [0.05, 0.1) is 11.9 Å². The maximum atomic E-state index is 12.3. The van der Waals surface area contributed by atoms with Crippen LogP contribution >= 0.6 is 0 Å². The molecule has 0 aromatic carbocycles. The third-order valence-corrected chi connectivity index (χ3v) is 2.83. The number of amides is 2. The summed E-state index contributed by atoms with van der Waals surface area (Å²) < 4.78 is 37.0. The second kappa shape index (κ2) is 6.75. The molecule has 0 saturated heterocycles. The number of aromatic nitrogens is 1. The van der Waals surface area contributed by atoms with Crippen LogP contribution in [0.5, 0.6) is 0 Å². The van der Waals surface area contributed by atoms with E-state index in [9.17, 15) is 18.0 Å². The lowest BCUT2D eigenvalue weighted by molar-refractivity contribution is -0.141. The van der Waals surface area contributed by atoms with Crippen molar-refractivity contribution in [1.82, 2.24) is 10.3 Å². The predicted molar refractivity (Wildman–Crippen MR) is 71.7 cm³/mol. The Morgan fingerprint density at radius 2 is 2.00 bits per heavy atom. The van der Waals surface area contributed by atoms with Crippen LogP contribution < -0.4 is 10.6 Å². The lowest BCUT2D eigenvalue weighted by Gasteiger charge is -2.23. The fraction of sp³-hybridized carbons (Fsp3) is 0.538. The molecule has 0 saturated carbocycles. The molecular weight excluding hydrogens is 287 g/mol. The monoisotopic (exact) mass is 305 g/mol. The largest absolute Gasteiger partial charge is 0.433 e. The highest BCUT2D eigenvalue weighted by Gasteiger charge is 2.32. The van der Waals surface area contributed by atoms with E-state index in [1.807, 2.05) is 13.8 Å². The third-order valence-electron chi connectivity index (χ3n) is 2.83. The molecule has 5 nitrogen and oxygen atoms in total. The van der Waals surface area contributed by atoms with E-state index in [4.69, 9.17) is 5.11 Å². The summed E-state index contributed by atoms with van der Waals surface area (Å²) in [6.45, 7) is 4.10. The van der Waals surface area contributed by atoms with Gasteiger partial charge in [0.25, 0.3) is 0 Å². The summed E-state index contributed by atoms with van der Waals surface area (Å²) in [5.41, 5.74) is -1.12. The Bertz CT molecular complexity index is 473. The summed E-state index contributed by atoms with van der Waals surface area (Å²) >= 11 is 0. The number of urea groups is 1. The molecule has 3 N–H and O–H groups in total. The predicted octanol–water partition coefficient (Wildman–Crippen LogP) is 2.63. The van der Waals surface area contributed by atoms with Crippen LogP contribution in [0.4, 0.5) is 23.7 Å². The Morgan fingerprint density at radius 3 is 2.48 bits per heavy atom. The Balaban J connectivity index is 2.52. The summed E-state index contributed by atoms with van der Waals surface area (Å²) in [5, 5.41) is 13.8. The summed E-state index contributed by atoms with van der Waals surface area (Å²) in [6.07, 6.45) is -3.04. The fourth-order valence-electron chi connectivity index (χ4n) is 1.52. The van der Waals surface area contributed by atoms with Crippen molar-refractivity contribution < 1.29 is 23.1 Å². The molecular formula is C13H18F3N3O2. The zero-order valence-corrected chi connectivity index (χ0v) is 11.8. The molecule has 0 aliphatic carbocycles. The Labute approximate surface area is 120 Å². The van der Waals surface area contributed by atoms with Crippen LogP contribution in [0.25, 0.3) is 0 Å². The molecule has 2 amide bonds. The number of aliphatic hydroxyl groups is 1.